The molecule has 1 aliphatic heterocycles. The molecule has 2 heterocycles. The van der Waals surface area contributed by atoms with Gasteiger partial charge in [-0.3, -0.25) is 0 Å². The van der Waals surface area contributed by atoms with Crippen LogP contribution in [-0.4, -0.2) is 24.3 Å². The van der Waals surface area contributed by atoms with Gasteiger partial charge in [0.1, 0.15) is 0 Å². The quantitative estimate of drug-likeness (QED) is 0.723. The van der Waals surface area contributed by atoms with Gasteiger partial charge >= 0.3 is 0 Å². The highest BCUT2D eigenvalue weighted by Gasteiger charge is 2.28. The molecule has 3 aromatic rings. The van der Waals surface area contributed by atoms with E-state index in [2.05, 4.69) is 11.1 Å². The number of sulfonamides is 1. The molecule has 0 unspecified atom stereocenters. The minimum Gasteiger partial charge on any atom is -0.441 e. The fraction of sp³-hybridized carbons (Fsp3) is 0.211. The number of hydrogen-bond donors (Lipinski definition) is 0. The molecule has 4 rings (SSSR count). The fourth-order valence-corrected chi connectivity index (χ4v) is 4.53. The SMILES string of the molecule is Cc1ncc(-c2ccc(S(=O)(=O)N3CCc4ccccc4C3)cc2)o1. The zero-order chi connectivity index (χ0) is 17.4. The van der Waals surface area contributed by atoms with E-state index in [4.69, 9.17) is 4.42 Å². The Bertz CT molecular complexity index is 1010. The van der Waals surface area contributed by atoms with Gasteiger partial charge in [-0.25, -0.2) is 13.4 Å². The Morgan fingerprint density at radius 3 is 2.44 bits per heavy atom. The van der Waals surface area contributed by atoms with E-state index in [-0.39, 0.29) is 0 Å². The first-order chi connectivity index (χ1) is 12.0. The fourth-order valence-electron chi connectivity index (χ4n) is 3.11. The molecule has 1 aliphatic rings. The lowest BCUT2D eigenvalue weighted by atomic mass is 10.0. The van der Waals surface area contributed by atoms with Crippen LogP contribution in [0, 0.1) is 6.92 Å². The third-order valence-corrected chi connectivity index (χ3v) is 6.35. The minimum atomic E-state index is -3.51. The molecule has 0 radical (unpaired) electrons. The lowest BCUT2D eigenvalue weighted by Gasteiger charge is -2.28. The molecule has 25 heavy (non-hydrogen) atoms. The van der Waals surface area contributed by atoms with E-state index in [1.807, 2.05) is 18.2 Å². The smallest absolute Gasteiger partial charge is 0.243 e. The molecule has 0 fully saturated rings. The molecule has 6 heteroatoms. The lowest BCUT2D eigenvalue weighted by molar-refractivity contribution is 0.391. The van der Waals surface area contributed by atoms with E-state index >= 15 is 0 Å². The summed E-state index contributed by atoms with van der Waals surface area (Å²) in [7, 11) is -3.51. The Kier molecular flexibility index (Phi) is 3.94. The van der Waals surface area contributed by atoms with Crippen molar-refractivity contribution in [2.24, 2.45) is 0 Å². The van der Waals surface area contributed by atoms with Crippen LogP contribution in [0.2, 0.25) is 0 Å². The number of rotatable bonds is 3. The van der Waals surface area contributed by atoms with Crippen molar-refractivity contribution >= 4 is 10.0 Å². The van der Waals surface area contributed by atoms with Gasteiger partial charge in [-0.1, -0.05) is 24.3 Å². The zero-order valence-corrected chi connectivity index (χ0v) is 14.7. The van der Waals surface area contributed by atoms with Gasteiger partial charge in [0.05, 0.1) is 11.1 Å². The summed E-state index contributed by atoms with van der Waals surface area (Å²) in [6.07, 6.45) is 2.38. The second-order valence-electron chi connectivity index (χ2n) is 6.13. The highest BCUT2D eigenvalue weighted by molar-refractivity contribution is 7.89. The molecule has 0 bridgehead atoms. The molecule has 0 saturated carbocycles. The van der Waals surface area contributed by atoms with Gasteiger partial charge in [-0.05, 0) is 41.8 Å². The molecule has 0 spiro atoms. The average molecular weight is 354 g/mol. The Labute approximate surface area is 147 Å². The zero-order valence-electron chi connectivity index (χ0n) is 13.8. The van der Waals surface area contributed by atoms with E-state index in [9.17, 15) is 8.42 Å². The monoisotopic (exact) mass is 354 g/mol. The molecule has 0 N–H and O–H groups in total. The molecule has 1 aromatic heterocycles. The number of aryl methyl sites for hydroxylation is 1. The van der Waals surface area contributed by atoms with Crippen LogP contribution in [0.1, 0.15) is 17.0 Å². The first-order valence-corrected chi connectivity index (χ1v) is 9.58. The number of hydrogen-bond acceptors (Lipinski definition) is 4. The van der Waals surface area contributed by atoms with Crippen LogP contribution in [0.4, 0.5) is 0 Å². The summed E-state index contributed by atoms with van der Waals surface area (Å²) in [5.74, 6) is 1.21. The molecule has 0 aliphatic carbocycles. The minimum absolute atomic E-state index is 0.298. The summed E-state index contributed by atoms with van der Waals surface area (Å²) in [6.45, 7) is 2.69. The van der Waals surface area contributed by atoms with Crippen LogP contribution in [0.15, 0.2) is 64.0 Å². The number of benzene rings is 2. The molecule has 5 nitrogen and oxygen atoms in total. The van der Waals surface area contributed by atoms with Gasteiger partial charge in [-0.2, -0.15) is 4.31 Å². The lowest BCUT2D eigenvalue weighted by Crippen LogP contribution is -2.35. The molecular formula is C19H18N2O3S. The largest absolute Gasteiger partial charge is 0.441 e. The van der Waals surface area contributed by atoms with Gasteiger partial charge in [0, 0.05) is 25.6 Å². The predicted octanol–water partition coefficient (Wildman–Crippen LogP) is 3.40. The van der Waals surface area contributed by atoms with Crippen LogP contribution in [0.25, 0.3) is 11.3 Å². The number of oxazole rings is 1. The van der Waals surface area contributed by atoms with Crippen molar-refractivity contribution in [3.05, 3.63) is 71.7 Å². The van der Waals surface area contributed by atoms with Crippen molar-refractivity contribution in [3.8, 4) is 11.3 Å². The third kappa shape index (κ3) is 2.99. The Hall–Kier alpha value is -2.44. The summed E-state index contributed by atoms with van der Waals surface area (Å²) in [5.41, 5.74) is 3.11. The van der Waals surface area contributed by atoms with Crippen molar-refractivity contribution in [2.75, 3.05) is 6.54 Å². The van der Waals surface area contributed by atoms with Gasteiger partial charge < -0.3 is 4.42 Å². The van der Waals surface area contributed by atoms with Crippen LogP contribution in [0.3, 0.4) is 0 Å². The van der Waals surface area contributed by atoms with E-state index in [0.29, 0.717) is 29.6 Å². The standard InChI is InChI=1S/C19H18N2O3S/c1-14-20-12-19(24-14)16-6-8-18(9-7-16)25(22,23)21-11-10-15-4-2-3-5-17(15)13-21/h2-9,12H,10-11,13H2,1H3. The highest BCUT2D eigenvalue weighted by atomic mass is 32.2. The number of nitrogens with zero attached hydrogens (tertiary/aromatic N) is 2. The van der Waals surface area contributed by atoms with Crippen molar-refractivity contribution in [2.45, 2.75) is 24.8 Å². The number of aromatic nitrogens is 1. The predicted molar refractivity (Wildman–Crippen MR) is 94.4 cm³/mol. The maximum atomic E-state index is 12.9. The maximum Gasteiger partial charge on any atom is 0.243 e. The Morgan fingerprint density at radius 1 is 1.04 bits per heavy atom. The third-order valence-electron chi connectivity index (χ3n) is 4.49. The van der Waals surface area contributed by atoms with Crippen LogP contribution in [0.5, 0.6) is 0 Å². The summed E-state index contributed by atoms with van der Waals surface area (Å²) < 4.78 is 32.9. The van der Waals surface area contributed by atoms with Crippen molar-refractivity contribution in [3.63, 3.8) is 0 Å². The summed E-state index contributed by atoms with van der Waals surface area (Å²) in [4.78, 5) is 4.36. The molecule has 0 saturated heterocycles. The summed E-state index contributed by atoms with van der Waals surface area (Å²) in [6, 6.07) is 14.8. The Morgan fingerprint density at radius 2 is 1.76 bits per heavy atom. The van der Waals surface area contributed by atoms with E-state index in [1.54, 1.807) is 41.7 Å². The second kappa shape index (κ2) is 6.13. The molecule has 0 amide bonds. The van der Waals surface area contributed by atoms with E-state index < -0.39 is 10.0 Å². The van der Waals surface area contributed by atoms with E-state index in [0.717, 1.165) is 17.5 Å². The Balaban J connectivity index is 1.60. The topological polar surface area (TPSA) is 63.4 Å². The number of fused-ring (bicyclic) bond motifs is 1. The van der Waals surface area contributed by atoms with Crippen LogP contribution in [-0.2, 0) is 23.0 Å². The van der Waals surface area contributed by atoms with Gasteiger partial charge in [-0.15, -0.1) is 0 Å². The summed E-state index contributed by atoms with van der Waals surface area (Å²) >= 11 is 0. The maximum absolute atomic E-state index is 12.9. The van der Waals surface area contributed by atoms with E-state index in [1.165, 1.54) is 5.56 Å². The van der Waals surface area contributed by atoms with Gasteiger partial charge in [0.25, 0.3) is 0 Å². The van der Waals surface area contributed by atoms with Gasteiger partial charge in [0.15, 0.2) is 11.7 Å². The average Bonchev–Trinajstić information content (AvgIpc) is 3.08. The normalized spacial score (nSPS) is 15.1. The van der Waals surface area contributed by atoms with Crippen LogP contribution >= 0.6 is 0 Å². The van der Waals surface area contributed by atoms with Crippen molar-refractivity contribution < 1.29 is 12.8 Å². The molecular weight excluding hydrogens is 336 g/mol. The molecule has 0 atom stereocenters. The molecule has 128 valence electrons. The molecule has 2 aromatic carbocycles. The summed E-state index contributed by atoms with van der Waals surface area (Å²) in [5, 5.41) is 0. The first-order valence-electron chi connectivity index (χ1n) is 8.14. The van der Waals surface area contributed by atoms with Gasteiger partial charge in [0.2, 0.25) is 10.0 Å². The van der Waals surface area contributed by atoms with Crippen LogP contribution < -0.4 is 0 Å². The highest BCUT2D eigenvalue weighted by Crippen LogP contribution is 2.27. The van der Waals surface area contributed by atoms with Crippen molar-refractivity contribution in [1.82, 2.24) is 9.29 Å². The first kappa shape index (κ1) is 16.1. The van der Waals surface area contributed by atoms with Crippen molar-refractivity contribution in [1.29, 1.82) is 0 Å². The second-order valence-corrected chi connectivity index (χ2v) is 8.06.